The van der Waals surface area contributed by atoms with Crippen LogP contribution in [-0.2, 0) is 0 Å². The maximum absolute atomic E-state index is 12.8. The van der Waals surface area contributed by atoms with Crippen LogP contribution >= 0.6 is 0 Å². The van der Waals surface area contributed by atoms with Crippen molar-refractivity contribution in [2.24, 2.45) is 11.8 Å². The quantitative estimate of drug-likeness (QED) is 0.545. The maximum Gasteiger partial charge on any atom is 0.411 e. The summed E-state index contributed by atoms with van der Waals surface area (Å²) in [5, 5.41) is 8.34. The van der Waals surface area contributed by atoms with Gasteiger partial charge in [-0.1, -0.05) is 0 Å². The van der Waals surface area contributed by atoms with Crippen LogP contribution in [0.15, 0.2) is 0 Å². The van der Waals surface area contributed by atoms with Crippen molar-refractivity contribution in [3.8, 4) is 0 Å². The molecule has 1 aliphatic carbocycles. The third-order valence-corrected chi connectivity index (χ3v) is 2.35. The second-order valence-electron chi connectivity index (χ2n) is 3.00. The van der Waals surface area contributed by atoms with Crippen molar-refractivity contribution in [1.29, 1.82) is 0 Å². The fourth-order valence-electron chi connectivity index (χ4n) is 1.63. The summed E-state index contributed by atoms with van der Waals surface area (Å²) in [5.74, 6) is -0.748. The molecule has 1 heterocycles. The number of carbonyl (C=O) groups is 1. The van der Waals surface area contributed by atoms with Crippen LogP contribution in [0.2, 0.25) is 0 Å². The van der Waals surface area contributed by atoms with Gasteiger partial charge in [0.15, 0.2) is 12.6 Å². The number of hydrogen-bond acceptors (Lipinski definition) is 1. The first-order valence-electron chi connectivity index (χ1n) is 3.42. The van der Waals surface area contributed by atoms with E-state index in [0.29, 0.717) is 6.42 Å². The highest BCUT2D eigenvalue weighted by Gasteiger charge is 2.62. The molecule has 0 bridgehead atoms. The Labute approximate surface area is 61.6 Å². The van der Waals surface area contributed by atoms with Crippen LogP contribution < -0.4 is 0 Å². The highest BCUT2D eigenvalue weighted by molar-refractivity contribution is 5.66. The van der Waals surface area contributed by atoms with E-state index in [1.165, 1.54) is 0 Å². The number of fused-ring (bicyclic) bond motifs is 1. The first-order chi connectivity index (χ1) is 5.13. The summed E-state index contributed by atoms with van der Waals surface area (Å²) in [6.45, 7) is 0. The average Bonchev–Trinajstić information content (AvgIpc) is 2.59. The topological polar surface area (TPSA) is 40.5 Å². The van der Waals surface area contributed by atoms with Crippen LogP contribution in [0.5, 0.6) is 0 Å². The van der Waals surface area contributed by atoms with Crippen LogP contribution in [0.3, 0.4) is 0 Å². The Morgan fingerprint density at radius 2 is 1.82 bits per heavy atom. The Balaban J connectivity index is 2.16. The van der Waals surface area contributed by atoms with Gasteiger partial charge in [-0.15, -0.1) is 0 Å². The molecule has 1 N–H and O–H groups in total. The summed E-state index contributed by atoms with van der Waals surface area (Å²) < 4.78 is 25.7. The molecule has 0 aromatic rings. The van der Waals surface area contributed by atoms with Crippen molar-refractivity contribution in [3.63, 3.8) is 0 Å². The van der Waals surface area contributed by atoms with Gasteiger partial charge in [-0.25, -0.2) is 18.5 Å². The molecule has 0 spiro atoms. The summed E-state index contributed by atoms with van der Waals surface area (Å²) >= 11 is 0. The predicted octanol–water partition coefficient (Wildman–Crippen LogP) is 1.21. The Morgan fingerprint density at radius 3 is 2.09 bits per heavy atom. The molecule has 62 valence electrons. The van der Waals surface area contributed by atoms with Crippen LogP contribution in [0.25, 0.3) is 0 Å². The highest BCUT2D eigenvalue weighted by Crippen LogP contribution is 2.54. The fourth-order valence-corrected chi connectivity index (χ4v) is 1.63. The van der Waals surface area contributed by atoms with Gasteiger partial charge in [0.1, 0.15) is 0 Å². The van der Waals surface area contributed by atoms with E-state index in [0.717, 1.165) is 0 Å². The zero-order valence-electron chi connectivity index (χ0n) is 5.58. The molecule has 4 atom stereocenters. The van der Waals surface area contributed by atoms with Gasteiger partial charge in [0.05, 0.1) is 0 Å². The first-order valence-corrected chi connectivity index (χ1v) is 3.42. The Bertz CT molecular complexity index is 197. The third kappa shape index (κ3) is 0.735. The largest absolute Gasteiger partial charge is 0.465 e. The molecule has 1 aliphatic heterocycles. The van der Waals surface area contributed by atoms with Crippen molar-refractivity contribution < 1.29 is 18.7 Å². The van der Waals surface area contributed by atoms with Crippen molar-refractivity contribution in [2.45, 2.75) is 19.0 Å². The third-order valence-electron chi connectivity index (χ3n) is 2.35. The number of likely N-dealkylation sites (tertiary alicyclic amines) is 1. The van der Waals surface area contributed by atoms with E-state index in [4.69, 9.17) is 5.11 Å². The molecule has 0 aromatic carbocycles. The summed E-state index contributed by atoms with van der Waals surface area (Å²) in [6, 6.07) is 0. The standard InChI is InChI=1S/C6H7F2NO2/c7-4-2-1-3(2)5(8)9(4)6(10)11/h2-5H,1H2,(H,10,11). The lowest BCUT2D eigenvalue weighted by Gasteiger charge is -2.20. The van der Waals surface area contributed by atoms with Gasteiger partial charge in [0, 0.05) is 11.8 Å². The summed E-state index contributed by atoms with van der Waals surface area (Å²) in [6.07, 6.45) is -4.25. The smallest absolute Gasteiger partial charge is 0.411 e. The average molecular weight is 163 g/mol. The maximum atomic E-state index is 12.8. The van der Waals surface area contributed by atoms with Gasteiger partial charge in [0.2, 0.25) is 0 Å². The molecule has 5 heteroatoms. The Morgan fingerprint density at radius 1 is 1.36 bits per heavy atom. The summed E-state index contributed by atoms with van der Waals surface area (Å²) in [7, 11) is 0. The molecule has 0 aromatic heterocycles. The summed E-state index contributed by atoms with van der Waals surface area (Å²) in [4.78, 5) is 10.5. The molecule has 1 saturated heterocycles. The number of halogens is 2. The summed E-state index contributed by atoms with van der Waals surface area (Å²) in [5.41, 5.74) is 0. The molecule has 2 rings (SSSR count). The number of amides is 1. The minimum atomic E-state index is -1.62. The van der Waals surface area contributed by atoms with E-state index >= 15 is 0 Å². The van der Waals surface area contributed by atoms with Crippen LogP contribution in [0.1, 0.15) is 6.42 Å². The lowest BCUT2D eigenvalue weighted by Crippen LogP contribution is -2.39. The van der Waals surface area contributed by atoms with Crippen LogP contribution in [-0.4, -0.2) is 28.7 Å². The van der Waals surface area contributed by atoms with Gasteiger partial charge < -0.3 is 5.11 Å². The lowest BCUT2D eigenvalue weighted by atomic mass is 10.4. The monoisotopic (exact) mass is 163 g/mol. The van der Waals surface area contributed by atoms with Crippen molar-refractivity contribution in [3.05, 3.63) is 0 Å². The van der Waals surface area contributed by atoms with Crippen molar-refractivity contribution >= 4 is 6.09 Å². The minimum absolute atomic E-state index is 0.263. The zero-order valence-corrected chi connectivity index (χ0v) is 5.58. The SMILES string of the molecule is O=C(O)N1C(F)C2CC2C1F. The van der Waals surface area contributed by atoms with Crippen LogP contribution in [0, 0.1) is 11.8 Å². The first kappa shape index (κ1) is 6.82. The number of carboxylic acid groups (broad SMARTS) is 1. The molecule has 2 aliphatic rings. The molecule has 11 heavy (non-hydrogen) atoms. The van der Waals surface area contributed by atoms with Crippen molar-refractivity contribution in [1.82, 2.24) is 4.90 Å². The van der Waals surface area contributed by atoms with Crippen LogP contribution in [0.4, 0.5) is 13.6 Å². The molecule has 4 unspecified atom stereocenters. The van der Waals surface area contributed by atoms with E-state index < -0.39 is 18.7 Å². The second-order valence-corrected chi connectivity index (χ2v) is 3.00. The van der Waals surface area contributed by atoms with E-state index in [-0.39, 0.29) is 16.7 Å². The van der Waals surface area contributed by atoms with Gasteiger partial charge in [-0.05, 0) is 6.42 Å². The zero-order chi connectivity index (χ0) is 8.17. The molecule has 2 fully saturated rings. The Kier molecular flexibility index (Phi) is 1.14. The van der Waals surface area contributed by atoms with Crippen molar-refractivity contribution in [2.75, 3.05) is 0 Å². The van der Waals surface area contributed by atoms with Gasteiger partial charge in [0.25, 0.3) is 0 Å². The Hall–Kier alpha value is -0.870. The molecular weight excluding hydrogens is 156 g/mol. The van der Waals surface area contributed by atoms with Gasteiger partial charge in [-0.2, -0.15) is 0 Å². The molecule has 1 amide bonds. The number of rotatable bonds is 0. The number of nitrogens with zero attached hydrogens (tertiary/aromatic N) is 1. The van der Waals surface area contributed by atoms with E-state index in [1.54, 1.807) is 0 Å². The number of piperidine rings is 1. The van der Waals surface area contributed by atoms with E-state index in [2.05, 4.69) is 0 Å². The highest BCUT2D eigenvalue weighted by atomic mass is 19.2. The number of alkyl halides is 2. The van der Waals surface area contributed by atoms with Gasteiger partial charge in [-0.3, -0.25) is 0 Å². The lowest BCUT2D eigenvalue weighted by molar-refractivity contribution is 0.0170. The minimum Gasteiger partial charge on any atom is -0.465 e. The molecule has 1 saturated carbocycles. The molecule has 3 nitrogen and oxygen atoms in total. The second kappa shape index (κ2) is 1.84. The fraction of sp³-hybridized carbons (Fsp3) is 0.833. The van der Waals surface area contributed by atoms with Gasteiger partial charge >= 0.3 is 6.09 Å². The molecular formula is C6H7F2NO2. The number of hydrogen-bond donors (Lipinski definition) is 1. The normalized spacial score (nSPS) is 47.3. The van der Waals surface area contributed by atoms with E-state index in [9.17, 15) is 13.6 Å². The molecule has 0 radical (unpaired) electrons. The predicted molar refractivity (Wildman–Crippen MR) is 31.3 cm³/mol. The van der Waals surface area contributed by atoms with E-state index in [1.807, 2.05) is 0 Å².